The van der Waals surface area contributed by atoms with Gasteiger partial charge in [0.1, 0.15) is 0 Å². The Morgan fingerprint density at radius 1 is 0.257 bits per heavy atom. The van der Waals surface area contributed by atoms with Crippen molar-refractivity contribution in [2.75, 3.05) is 9.80 Å². The van der Waals surface area contributed by atoms with Crippen molar-refractivity contribution in [3.8, 4) is 89.5 Å². The van der Waals surface area contributed by atoms with Crippen molar-refractivity contribution in [1.82, 2.24) is 19.9 Å². The van der Waals surface area contributed by atoms with Crippen LogP contribution in [0.1, 0.15) is 11.1 Å². The summed E-state index contributed by atoms with van der Waals surface area (Å²) in [5.41, 5.74) is 27.1. The first-order valence-corrected chi connectivity index (χ1v) is 48.2. The Labute approximate surface area is 890 Å². The Morgan fingerprint density at radius 2 is 0.632 bits per heavy atom. The maximum atomic E-state index is 5.75. The van der Waals surface area contributed by atoms with E-state index >= 15 is 0 Å². The molecule has 144 heavy (non-hydrogen) atoms. The van der Waals surface area contributed by atoms with E-state index < -0.39 is 0 Å². The van der Waals surface area contributed by atoms with Crippen molar-refractivity contribution in [3.05, 3.63) is 570 Å². The second kappa shape index (κ2) is 50.0. The van der Waals surface area contributed by atoms with Gasteiger partial charge in [-0.25, -0.2) is 0 Å². The molecule has 0 fully saturated rings. The molecule has 5 aromatic heterocycles. The minimum absolute atomic E-state index is 0. The molecule has 25 aromatic rings. The van der Waals surface area contributed by atoms with Gasteiger partial charge in [-0.15, -0.1) is 155 Å². The fraction of sp³-hybridized carbons (Fsp3) is 0.0152. The van der Waals surface area contributed by atoms with Crippen LogP contribution in [0.25, 0.3) is 164 Å². The fourth-order valence-corrected chi connectivity index (χ4v) is 19.2. The SMILES string of the molecule is Cc1cc(-c2[c-]cccc2)ncc1-c1ccccc1.Cc1cccnc1-c1[c-]cccc1.[2H]N=P.[Ir].[Ir].[Ir].[c-]1ccccc1-c1ccccn1.[c-]1ccccc1-c1ccccn1.c1cc(-c2ccc3c4ccccc4c4ccccc4c3c2)cc(-c2cccc3c2sc2ccccc23)c1.c1ccc(N(c2ccc(-c3ccc(N(c4ccccc4)c4cccc5ccccc45)cc3)cc2)c2cccc3ccccc23)cc1. The standard InChI is InChI=1S/C44H32N2.C36H22S.C18H14N.C12H10N.2C11H8N.3Ir.H2NP/c1-3-17-37(18-4-1)45(43-23-11-15-35-13-7-9-21-41(35)43)39-29-25-33(26-30-39)34-27-31-40(32-28-34)46(38-19-5-2-6-20-38)44-24-12-16-36-14-8-10-22-42(36)44;1-2-13-29-27(11-1)28-12-3-4-14-30(28)34-22-24(19-20-31(29)34)23-9-7-10-25(21-23)26-16-8-17-33-32-15-5-6-18-35(32)37-36(26)33;1-14-12-18(16-10-6-3-7-11-16)19-13-17(14)15-8-4-2-5-9-15;1-10-6-5-9-13-12(10)11-7-3-2-4-8-11;2*1-2-6-10(7-3-1)11-8-4-5-9-12-11;;;;1-2/h1-32H;1-22H;2-10,12-13H,1H3;2-7,9H,1H3;2*1-6,8-9H;;;;1-2H/q;;4*-1;;;;/i/hD. The number of para-hydroxylation sites is 2. The van der Waals surface area contributed by atoms with E-state index in [2.05, 4.69) is 434 Å². The molecule has 3 radical (unpaired) electrons. The minimum atomic E-state index is 0. The number of thiophene rings is 1. The summed E-state index contributed by atoms with van der Waals surface area (Å²) in [4.78, 5) is 22.0. The third-order valence-corrected chi connectivity index (χ3v) is 26.0. The molecule has 20 aromatic carbocycles. The summed E-state index contributed by atoms with van der Waals surface area (Å²) in [7, 11) is 2.48. The number of rotatable bonds is 14. The van der Waals surface area contributed by atoms with Gasteiger partial charge in [-0.3, -0.25) is 5.15 Å². The number of aryl methyl sites for hydroxylation is 2. The van der Waals surface area contributed by atoms with Gasteiger partial charge in [0.2, 0.25) is 0 Å². The van der Waals surface area contributed by atoms with Gasteiger partial charge in [0, 0.05) is 144 Å². The van der Waals surface area contributed by atoms with E-state index in [-0.39, 0.29) is 60.3 Å². The Morgan fingerprint density at radius 3 is 1.12 bits per heavy atom. The molecule has 0 bridgehead atoms. The molecule has 0 aliphatic rings. The first-order valence-electron chi connectivity index (χ1n) is 47.4. The number of benzene rings is 20. The number of nitrogens with one attached hydrogen (secondary N) is 1. The summed E-state index contributed by atoms with van der Waals surface area (Å²) in [6.07, 6.45) is 7.33. The topological polar surface area (TPSA) is 81.9 Å². The van der Waals surface area contributed by atoms with Crippen LogP contribution >= 0.6 is 20.4 Å². The van der Waals surface area contributed by atoms with E-state index in [0.717, 1.165) is 79.2 Å². The van der Waals surface area contributed by atoms with Crippen molar-refractivity contribution >= 4 is 129 Å². The van der Waals surface area contributed by atoms with Crippen molar-refractivity contribution in [2.45, 2.75) is 13.8 Å². The molecule has 0 aliphatic carbocycles. The Balaban J connectivity index is 0.000000134. The minimum Gasteiger partial charge on any atom is -0.310 e. The molecule has 0 amide bonds. The second-order valence-corrected chi connectivity index (χ2v) is 34.7. The van der Waals surface area contributed by atoms with Crippen molar-refractivity contribution in [2.24, 2.45) is 0 Å². The van der Waals surface area contributed by atoms with Crippen LogP contribution in [0.5, 0.6) is 0 Å². The van der Waals surface area contributed by atoms with Crippen LogP contribution in [0.4, 0.5) is 34.1 Å². The van der Waals surface area contributed by atoms with Gasteiger partial charge in [0.15, 0.2) is 1.41 Å². The van der Waals surface area contributed by atoms with E-state index in [9.17, 15) is 0 Å². The van der Waals surface area contributed by atoms with Gasteiger partial charge in [-0.2, -0.15) is 0 Å². The second-order valence-electron chi connectivity index (χ2n) is 33.6. The first-order chi connectivity index (χ1) is 70.2. The van der Waals surface area contributed by atoms with Gasteiger partial charge in [0.05, 0.1) is 11.4 Å². The third kappa shape index (κ3) is 23.8. The monoisotopic (exact) mass is 2420 g/mol. The zero-order valence-corrected chi connectivity index (χ0v) is 87.8. The average Bonchev–Trinajstić information content (AvgIpc) is 1.71. The number of aromatic nitrogens is 4. The zero-order valence-electron chi connectivity index (χ0n) is 79.8. The van der Waals surface area contributed by atoms with Gasteiger partial charge in [-0.05, 0) is 230 Å². The van der Waals surface area contributed by atoms with Crippen LogP contribution < -0.4 is 9.80 Å². The Kier molecular flexibility index (Phi) is 34.6. The smallest absolute Gasteiger partial charge is 0.192 e. The van der Waals surface area contributed by atoms with Crippen LogP contribution in [0.15, 0.2) is 534 Å². The average molecular weight is 2420 g/mol. The summed E-state index contributed by atoms with van der Waals surface area (Å²) in [5.74, 6) is 0. The Bertz CT molecular complexity index is 8150. The molecule has 0 saturated carbocycles. The quantitative estimate of drug-likeness (QED) is 0.0664. The maximum Gasteiger partial charge on any atom is 0.192 e. The zero-order chi connectivity index (χ0) is 96.4. The number of anilines is 6. The van der Waals surface area contributed by atoms with E-state index in [1.165, 1.54) is 130 Å². The molecule has 1 N–H and O–H groups in total. The molecule has 12 heteroatoms. The van der Waals surface area contributed by atoms with Gasteiger partial charge < -0.3 is 29.7 Å². The number of pyridine rings is 4. The van der Waals surface area contributed by atoms with Crippen molar-refractivity contribution in [3.63, 3.8) is 0 Å². The molecular weight excluding hydrogens is 2320 g/mol. The normalized spacial score (nSPS) is 10.5. The van der Waals surface area contributed by atoms with Gasteiger partial charge >= 0.3 is 0 Å². The van der Waals surface area contributed by atoms with Crippen LogP contribution in [0, 0.1) is 43.3 Å². The molecule has 25 rings (SSSR count). The van der Waals surface area contributed by atoms with Crippen LogP contribution in [-0.4, -0.2) is 19.9 Å². The fourth-order valence-electron chi connectivity index (χ4n) is 18.0. The van der Waals surface area contributed by atoms with E-state index in [0.29, 0.717) is 0 Å². The molecular formula is C132H96Ir3N7PS-4. The van der Waals surface area contributed by atoms with E-state index in [1.54, 1.807) is 12.4 Å². The van der Waals surface area contributed by atoms with Crippen LogP contribution in [0.3, 0.4) is 0 Å². The van der Waals surface area contributed by atoms with E-state index in [1.807, 2.05) is 181 Å². The molecule has 701 valence electrons. The number of fused-ring (bicyclic) bond motifs is 11. The molecule has 0 spiro atoms. The summed E-state index contributed by atoms with van der Waals surface area (Å²) in [6, 6.07) is 190. The molecule has 0 unspecified atom stereocenters. The maximum absolute atomic E-state index is 5.75. The molecule has 7 nitrogen and oxygen atoms in total. The third-order valence-electron chi connectivity index (χ3n) is 24.7. The summed E-state index contributed by atoms with van der Waals surface area (Å²) < 4.78 is 8.45. The molecule has 5 heterocycles. The number of hydrogen-bond acceptors (Lipinski definition) is 8. The first kappa shape index (κ1) is 99.7. The Hall–Kier alpha value is -15.8. The molecule has 0 saturated heterocycles. The van der Waals surface area contributed by atoms with E-state index in [4.69, 9.17) is 1.41 Å². The molecule has 0 aliphatic heterocycles. The summed E-state index contributed by atoms with van der Waals surface area (Å²) in [6.45, 7) is 4.18. The largest absolute Gasteiger partial charge is 0.310 e. The predicted molar refractivity (Wildman–Crippen MR) is 599 cm³/mol. The summed E-state index contributed by atoms with van der Waals surface area (Å²) in [5, 5.41) is 18.0. The van der Waals surface area contributed by atoms with Crippen LogP contribution in [0.2, 0.25) is 1.41 Å². The van der Waals surface area contributed by atoms with Crippen molar-refractivity contribution in [1.29, 1.82) is 5.15 Å². The number of hydrogen-bond donors (Lipinski definition) is 1. The molecule has 0 atom stereocenters. The number of nitrogens with zero attached hydrogens (tertiary/aromatic N) is 6. The van der Waals surface area contributed by atoms with Crippen molar-refractivity contribution < 1.29 is 61.7 Å². The summed E-state index contributed by atoms with van der Waals surface area (Å²) >= 11 is 1.89. The van der Waals surface area contributed by atoms with Crippen LogP contribution in [-0.2, 0) is 60.3 Å². The predicted octanol–water partition coefficient (Wildman–Crippen LogP) is 36.8. The van der Waals surface area contributed by atoms with Gasteiger partial charge in [-0.1, -0.05) is 321 Å². The van der Waals surface area contributed by atoms with Gasteiger partial charge in [0.25, 0.3) is 0 Å².